The van der Waals surface area contributed by atoms with Crippen molar-refractivity contribution in [3.63, 3.8) is 0 Å². The van der Waals surface area contributed by atoms with Crippen LogP contribution < -0.4 is 0 Å². The number of esters is 1. The Morgan fingerprint density at radius 1 is 1.32 bits per heavy atom. The number of allylic oxidation sites excluding steroid dienone is 1. The molecule has 0 aliphatic carbocycles. The van der Waals surface area contributed by atoms with Crippen LogP contribution in [0, 0.1) is 5.92 Å². The summed E-state index contributed by atoms with van der Waals surface area (Å²) in [7, 11) is 0. The van der Waals surface area contributed by atoms with Gasteiger partial charge in [-0.15, -0.1) is 0 Å². The maximum atomic E-state index is 11.4. The highest BCUT2D eigenvalue weighted by molar-refractivity contribution is 5.82. The number of rotatable bonds is 7. The smallest absolute Gasteiger partial charge is 0.330 e. The van der Waals surface area contributed by atoms with Crippen LogP contribution in [0.5, 0.6) is 0 Å². The van der Waals surface area contributed by atoms with Crippen LogP contribution in [0.4, 0.5) is 0 Å². The fourth-order valence-corrected chi connectivity index (χ4v) is 2.44. The number of aliphatic hydroxyl groups excluding tert-OH is 3. The molecule has 1 saturated heterocycles. The third-order valence-corrected chi connectivity index (χ3v) is 3.62. The standard InChI is InChI=1S/C16H26O6/c1-3-21-14(18)9-11(2)8-13-16(20)15(19)12(10-22-13)6-4-5-7-17/h4-5,9,12-13,15-17,19-20H,3,6-8,10H2,1-2H3/b5-4+,11-9+/t12-,13-,15+,16-/m0/s1. The quantitative estimate of drug-likeness (QED) is 0.361. The second kappa shape index (κ2) is 9.74. The predicted octanol–water partition coefficient (Wildman–Crippen LogP) is 0.561. The SMILES string of the molecule is CCOC(=O)/C=C(\C)C[C@@H]1OC[C@H](C/C=C/CO)[C@@H](O)[C@H]1O. The lowest BCUT2D eigenvalue weighted by molar-refractivity contribution is -0.162. The summed E-state index contributed by atoms with van der Waals surface area (Å²) in [6.07, 6.45) is 3.18. The maximum absolute atomic E-state index is 11.4. The average molecular weight is 314 g/mol. The molecule has 1 aliphatic heterocycles. The van der Waals surface area contributed by atoms with Crippen molar-refractivity contribution in [3.05, 3.63) is 23.8 Å². The van der Waals surface area contributed by atoms with Gasteiger partial charge in [0.15, 0.2) is 0 Å². The fourth-order valence-electron chi connectivity index (χ4n) is 2.44. The van der Waals surface area contributed by atoms with Crippen molar-refractivity contribution in [2.75, 3.05) is 19.8 Å². The van der Waals surface area contributed by atoms with Crippen LogP contribution in [-0.2, 0) is 14.3 Å². The van der Waals surface area contributed by atoms with Gasteiger partial charge in [0, 0.05) is 12.0 Å². The molecule has 0 bridgehead atoms. The first kappa shape index (κ1) is 18.8. The van der Waals surface area contributed by atoms with E-state index in [9.17, 15) is 15.0 Å². The van der Waals surface area contributed by atoms with Gasteiger partial charge < -0.3 is 24.8 Å². The molecule has 6 nitrogen and oxygen atoms in total. The van der Waals surface area contributed by atoms with Gasteiger partial charge in [-0.05, 0) is 26.7 Å². The number of hydrogen-bond acceptors (Lipinski definition) is 6. The summed E-state index contributed by atoms with van der Waals surface area (Å²) in [6, 6.07) is 0. The molecule has 22 heavy (non-hydrogen) atoms. The van der Waals surface area contributed by atoms with Crippen molar-refractivity contribution in [3.8, 4) is 0 Å². The van der Waals surface area contributed by atoms with E-state index in [-0.39, 0.29) is 12.5 Å². The van der Waals surface area contributed by atoms with E-state index in [1.807, 2.05) is 0 Å². The van der Waals surface area contributed by atoms with Gasteiger partial charge >= 0.3 is 5.97 Å². The lowest BCUT2D eigenvalue weighted by Crippen LogP contribution is -2.49. The molecular weight excluding hydrogens is 288 g/mol. The van der Waals surface area contributed by atoms with Gasteiger partial charge in [-0.1, -0.05) is 17.7 Å². The van der Waals surface area contributed by atoms with Crippen molar-refractivity contribution in [1.29, 1.82) is 0 Å². The number of ether oxygens (including phenoxy) is 2. The first-order valence-corrected chi connectivity index (χ1v) is 7.57. The highest BCUT2D eigenvalue weighted by Gasteiger charge is 2.37. The molecule has 0 aromatic heterocycles. The van der Waals surface area contributed by atoms with Crippen LogP contribution in [-0.4, -0.2) is 59.4 Å². The number of carbonyl (C=O) groups is 1. The molecule has 3 N–H and O–H groups in total. The first-order chi connectivity index (χ1) is 10.5. The molecule has 0 aromatic carbocycles. The highest BCUT2D eigenvalue weighted by atomic mass is 16.5. The largest absolute Gasteiger partial charge is 0.463 e. The fraction of sp³-hybridized carbons (Fsp3) is 0.688. The summed E-state index contributed by atoms with van der Waals surface area (Å²) in [6.45, 7) is 4.08. The Labute approximate surface area is 131 Å². The lowest BCUT2D eigenvalue weighted by atomic mass is 9.87. The molecule has 0 saturated carbocycles. The van der Waals surface area contributed by atoms with Gasteiger partial charge in [0.2, 0.25) is 0 Å². The number of carbonyl (C=O) groups excluding carboxylic acids is 1. The second-order valence-electron chi connectivity index (χ2n) is 5.45. The van der Waals surface area contributed by atoms with E-state index < -0.39 is 24.3 Å². The van der Waals surface area contributed by atoms with Gasteiger partial charge in [0.25, 0.3) is 0 Å². The van der Waals surface area contributed by atoms with Crippen molar-refractivity contribution in [2.45, 2.75) is 45.0 Å². The Kier molecular flexibility index (Phi) is 8.34. The molecule has 0 aromatic rings. The van der Waals surface area contributed by atoms with Gasteiger partial charge in [-0.25, -0.2) is 4.79 Å². The molecule has 0 radical (unpaired) electrons. The van der Waals surface area contributed by atoms with Gasteiger partial charge in [-0.3, -0.25) is 0 Å². The average Bonchev–Trinajstić information content (AvgIpc) is 2.46. The van der Waals surface area contributed by atoms with Crippen molar-refractivity contribution in [1.82, 2.24) is 0 Å². The molecule has 1 fully saturated rings. The minimum atomic E-state index is -1.01. The zero-order valence-electron chi connectivity index (χ0n) is 13.1. The second-order valence-corrected chi connectivity index (χ2v) is 5.45. The van der Waals surface area contributed by atoms with E-state index in [2.05, 4.69) is 0 Å². The summed E-state index contributed by atoms with van der Waals surface area (Å²) in [4.78, 5) is 11.4. The summed E-state index contributed by atoms with van der Waals surface area (Å²) >= 11 is 0. The van der Waals surface area contributed by atoms with E-state index in [0.29, 0.717) is 26.1 Å². The first-order valence-electron chi connectivity index (χ1n) is 7.57. The van der Waals surface area contributed by atoms with Crippen molar-refractivity contribution >= 4 is 5.97 Å². The molecule has 0 amide bonds. The minimum absolute atomic E-state index is 0.0489. The van der Waals surface area contributed by atoms with Gasteiger partial charge in [-0.2, -0.15) is 0 Å². The minimum Gasteiger partial charge on any atom is -0.463 e. The van der Waals surface area contributed by atoms with Crippen LogP contribution in [0.1, 0.15) is 26.7 Å². The summed E-state index contributed by atoms with van der Waals surface area (Å²) in [5.41, 5.74) is 0.730. The zero-order valence-corrected chi connectivity index (χ0v) is 13.1. The molecule has 1 rings (SSSR count). The van der Waals surface area contributed by atoms with E-state index >= 15 is 0 Å². The van der Waals surface area contributed by atoms with E-state index in [1.54, 1.807) is 26.0 Å². The summed E-state index contributed by atoms with van der Waals surface area (Å²) in [5.74, 6) is -0.624. The van der Waals surface area contributed by atoms with Crippen molar-refractivity contribution < 1.29 is 29.6 Å². The molecule has 126 valence electrons. The third-order valence-electron chi connectivity index (χ3n) is 3.62. The van der Waals surface area contributed by atoms with Crippen LogP contribution >= 0.6 is 0 Å². The van der Waals surface area contributed by atoms with E-state index in [4.69, 9.17) is 14.6 Å². The number of hydrogen-bond donors (Lipinski definition) is 3. The highest BCUT2D eigenvalue weighted by Crippen LogP contribution is 2.26. The third kappa shape index (κ3) is 5.88. The van der Waals surface area contributed by atoms with Crippen molar-refractivity contribution in [2.24, 2.45) is 5.92 Å². The molecule has 6 heteroatoms. The Morgan fingerprint density at radius 3 is 2.68 bits per heavy atom. The van der Waals surface area contributed by atoms with E-state index in [0.717, 1.165) is 5.57 Å². The number of aliphatic hydroxyl groups is 3. The Hall–Kier alpha value is -1.21. The Balaban J connectivity index is 2.54. The Bertz CT molecular complexity index is 403. The molecule has 1 heterocycles. The molecule has 0 spiro atoms. The van der Waals surface area contributed by atoms with Crippen LogP contribution in [0.3, 0.4) is 0 Å². The van der Waals surface area contributed by atoms with Gasteiger partial charge in [0.1, 0.15) is 6.10 Å². The molecule has 0 unspecified atom stereocenters. The monoisotopic (exact) mass is 314 g/mol. The van der Waals surface area contributed by atoms with Crippen LogP contribution in [0.2, 0.25) is 0 Å². The zero-order chi connectivity index (χ0) is 16.5. The normalized spacial score (nSPS) is 29.8. The van der Waals surface area contributed by atoms with E-state index in [1.165, 1.54) is 6.08 Å². The molecule has 4 atom stereocenters. The molecular formula is C16H26O6. The van der Waals surface area contributed by atoms with Crippen LogP contribution in [0.15, 0.2) is 23.8 Å². The van der Waals surface area contributed by atoms with Gasteiger partial charge in [0.05, 0.1) is 32.0 Å². The predicted molar refractivity (Wildman–Crippen MR) is 81.1 cm³/mol. The summed E-state index contributed by atoms with van der Waals surface area (Å²) in [5, 5.41) is 29.0. The lowest BCUT2D eigenvalue weighted by Gasteiger charge is -2.37. The maximum Gasteiger partial charge on any atom is 0.330 e. The summed E-state index contributed by atoms with van der Waals surface area (Å²) < 4.78 is 10.4. The van der Waals surface area contributed by atoms with Crippen LogP contribution in [0.25, 0.3) is 0 Å². The Morgan fingerprint density at radius 2 is 2.05 bits per heavy atom. The molecule has 1 aliphatic rings. The topological polar surface area (TPSA) is 96.2 Å².